The second-order valence-corrected chi connectivity index (χ2v) is 20.0. The van der Waals surface area contributed by atoms with Crippen LogP contribution in [0.4, 0.5) is 11.4 Å². The maximum atomic E-state index is 5.24. The predicted octanol–water partition coefficient (Wildman–Crippen LogP) is 13.9. The van der Waals surface area contributed by atoms with Gasteiger partial charge < -0.3 is 15.6 Å². The van der Waals surface area contributed by atoms with Gasteiger partial charge in [0.25, 0.3) is 0 Å². The van der Waals surface area contributed by atoms with Crippen LogP contribution in [0, 0.1) is 0 Å². The van der Waals surface area contributed by atoms with Gasteiger partial charge in [0.15, 0.2) is 0 Å². The number of nitrogens with one attached hydrogen (secondary N) is 3. The lowest BCUT2D eigenvalue weighted by Crippen LogP contribution is -2.17. The minimum atomic E-state index is -0.0553. The Morgan fingerprint density at radius 3 is 1.03 bits per heavy atom. The Bertz CT molecular complexity index is 2300. The Hall–Kier alpha value is -5.94. The lowest BCUT2D eigenvalue weighted by molar-refractivity contribution is 0.567. The van der Waals surface area contributed by atoms with Gasteiger partial charge in [-0.05, 0) is 116 Å². The average Bonchev–Trinajstić information content (AvgIpc) is 3.94. The number of amidine groups is 2. The molecule has 3 N–H and O–H groups in total. The topological polar surface area (TPSA) is 64.6 Å². The summed E-state index contributed by atoms with van der Waals surface area (Å²) in [4.78, 5) is 14.4. The van der Waals surface area contributed by atoms with E-state index in [4.69, 9.17) is 9.98 Å². The molecule has 0 amide bonds. The third-order valence-corrected chi connectivity index (χ3v) is 11.0. The number of aromatic nitrogens is 1. The number of allylic oxidation sites excluding steroid dienone is 2. The first-order chi connectivity index (χ1) is 27.7. The van der Waals surface area contributed by atoms with Crippen molar-refractivity contribution in [2.24, 2.45) is 9.98 Å². The number of rotatable bonds is 6. The van der Waals surface area contributed by atoms with Crippen molar-refractivity contribution in [1.82, 2.24) is 4.98 Å². The van der Waals surface area contributed by atoms with Gasteiger partial charge in [0.2, 0.25) is 0 Å². The largest absolute Gasteiger partial charge is 0.354 e. The van der Waals surface area contributed by atoms with Crippen LogP contribution in [-0.2, 0) is 21.7 Å². The van der Waals surface area contributed by atoms with Gasteiger partial charge in [-0.1, -0.05) is 156 Å². The van der Waals surface area contributed by atoms with E-state index in [9.17, 15) is 0 Å². The molecule has 0 aliphatic carbocycles. The summed E-state index contributed by atoms with van der Waals surface area (Å²) in [6, 6.07) is 39.1. The van der Waals surface area contributed by atoms with Gasteiger partial charge in [-0.25, -0.2) is 9.98 Å². The highest BCUT2D eigenvalue weighted by Crippen LogP contribution is 2.40. The maximum absolute atomic E-state index is 5.24. The Kier molecular flexibility index (Phi) is 11.0. The summed E-state index contributed by atoms with van der Waals surface area (Å²) in [5, 5.41) is 7.04. The third kappa shape index (κ3) is 9.52. The number of nitrogens with zero attached hydrogens (tertiary/aromatic N) is 2. The first kappa shape index (κ1) is 41.2. The predicted molar refractivity (Wildman–Crippen MR) is 254 cm³/mol. The molecule has 2 aliphatic heterocycles. The number of H-pyrrole nitrogens is 1. The number of aliphatic imine (C=N–C) groups is 2. The zero-order valence-electron chi connectivity index (χ0n) is 37.1. The summed E-state index contributed by atoms with van der Waals surface area (Å²) in [6.07, 6.45) is 8.41. The Morgan fingerprint density at radius 2 is 0.729 bits per heavy atom. The van der Waals surface area contributed by atoms with Crippen LogP contribution in [0.5, 0.6) is 0 Å². The van der Waals surface area contributed by atoms with Gasteiger partial charge in [-0.3, -0.25) is 0 Å². The SMILES string of the molecule is CC(C)(C)c1cc(/C(=C2\C=CC(Nc3ccccc3)=N2)c2ccc(/C(=C3/C=CC(Nc4ccccc4)=N3)c3cc(C(C)(C)C)cc(C(C)(C)C)c3)[nH]2)cc(C(C)(C)C)c1. The molecule has 0 saturated heterocycles. The van der Waals surface area contributed by atoms with E-state index in [1.165, 1.54) is 22.3 Å². The van der Waals surface area contributed by atoms with E-state index in [0.29, 0.717) is 0 Å². The van der Waals surface area contributed by atoms with Gasteiger partial charge in [0.1, 0.15) is 11.7 Å². The highest BCUT2D eigenvalue weighted by atomic mass is 15.0. The van der Waals surface area contributed by atoms with Crippen molar-refractivity contribution in [3.63, 3.8) is 0 Å². The quantitative estimate of drug-likeness (QED) is 0.161. The number of anilines is 2. The zero-order chi connectivity index (χ0) is 42.3. The summed E-state index contributed by atoms with van der Waals surface area (Å²) in [7, 11) is 0. The highest BCUT2D eigenvalue weighted by Gasteiger charge is 2.27. The second kappa shape index (κ2) is 15.7. The Morgan fingerprint density at radius 1 is 0.407 bits per heavy atom. The molecule has 5 heteroatoms. The maximum Gasteiger partial charge on any atom is 0.131 e. The Balaban J connectivity index is 1.45. The summed E-state index contributed by atoms with van der Waals surface area (Å²) < 4.78 is 0. The van der Waals surface area contributed by atoms with Crippen molar-refractivity contribution in [1.29, 1.82) is 0 Å². The molecule has 5 aromatic rings. The standard InChI is InChI=1S/C54H61N5/c1-51(2,3)37-29-35(30-38(33-37)52(4,5)6)49(45-25-27-47(58-45)55-41-19-15-13-16-20-41)43-23-24-44(57-43)50(46-26-28-48(59-46)56-42-21-17-14-18-22-42)36-31-39(53(7,8)9)34-40(32-36)54(10,11)12/h13-34,57H,1-12H3,(H,55,58)(H,56,59)/b49-45-,50-46-. The summed E-state index contributed by atoms with van der Waals surface area (Å²) in [5.74, 6) is 1.61. The van der Waals surface area contributed by atoms with Gasteiger partial charge in [0.05, 0.1) is 11.4 Å². The molecule has 1 aromatic heterocycles. The molecule has 59 heavy (non-hydrogen) atoms. The fourth-order valence-corrected chi connectivity index (χ4v) is 7.33. The molecule has 0 unspecified atom stereocenters. The van der Waals surface area contributed by atoms with E-state index in [1.807, 2.05) is 36.4 Å². The van der Waals surface area contributed by atoms with Crippen LogP contribution < -0.4 is 10.6 Å². The first-order valence-corrected chi connectivity index (χ1v) is 20.9. The van der Waals surface area contributed by atoms with Crippen molar-refractivity contribution < 1.29 is 0 Å². The van der Waals surface area contributed by atoms with Gasteiger partial charge in [-0.15, -0.1) is 0 Å². The molecule has 0 bridgehead atoms. The van der Waals surface area contributed by atoms with Crippen molar-refractivity contribution in [3.05, 3.63) is 190 Å². The molecule has 0 radical (unpaired) electrons. The molecule has 5 nitrogen and oxygen atoms in total. The second-order valence-electron chi connectivity index (χ2n) is 20.0. The molecule has 302 valence electrons. The molecule has 0 saturated carbocycles. The fraction of sp³-hybridized carbons (Fsp3) is 0.296. The van der Waals surface area contributed by atoms with E-state index in [0.717, 1.165) is 68.1 Å². The highest BCUT2D eigenvalue weighted by molar-refractivity contribution is 6.09. The van der Waals surface area contributed by atoms with E-state index in [-0.39, 0.29) is 21.7 Å². The number of benzene rings is 4. The molecular formula is C54H61N5. The van der Waals surface area contributed by atoms with Gasteiger partial charge in [0, 0.05) is 33.9 Å². The smallest absolute Gasteiger partial charge is 0.131 e. The molecular weight excluding hydrogens is 719 g/mol. The van der Waals surface area contributed by atoms with Crippen molar-refractivity contribution in [2.45, 2.75) is 105 Å². The zero-order valence-corrected chi connectivity index (χ0v) is 37.1. The molecule has 0 fully saturated rings. The summed E-state index contributed by atoms with van der Waals surface area (Å²) >= 11 is 0. The van der Waals surface area contributed by atoms with E-state index >= 15 is 0 Å². The Labute approximate surface area is 352 Å². The molecule has 7 rings (SSSR count). The van der Waals surface area contributed by atoms with Crippen molar-refractivity contribution in [2.75, 3.05) is 10.6 Å². The van der Waals surface area contributed by atoms with E-state index < -0.39 is 0 Å². The molecule has 2 aliphatic rings. The van der Waals surface area contributed by atoms with Gasteiger partial charge >= 0.3 is 0 Å². The van der Waals surface area contributed by atoms with Crippen LogP contribution in [-0.4, -0.2) is 16.7 Å². The number of para-hydroxylation sites is 2. The minimum absolute atomic E-state index is 0.0553. The third-order valence-electron chi connectivity index (χ3n) is 11.0. The summed E-state index contributed by atoms with van der Waals surface area (Å²) in [6.45, 7) is 27.5. The lowest BCUT2D eigenvalue weighted by atomic mass is 9.78. The molecule has 0 spiro atoms. The van der Waals surface area contributed by atoms with Crippen LogP contribution in [0.3, 0.4) is 0 Å². The van der Waals surface area contributed by atoms with Crippen LogP contribution >= 0.6 is 0 Å². The van der Waals surface area contributed by atoms with Crippen molar-refractivity contribution in [3.8, 4) is 0 Å². The van der Waals surface area contributed by atoms with Crippen LogP contribution in [0.15, 0.2) is 155 Å². The average molecular weight is 780 g/mol. The molecule has 3 heterocycles. The molecule has 4 aromatic carbocycles. The monoisotopic (exact) mass is 779 g/mol. The fourth-order valence-electron chi connectivity index (χ4n) is 7.33. The number of aromatic amines is 1. The van der Waals surface area contributed by atoms with Crippen LogP contribution in [0.1, 0.15) is 128 Å². The number of hydrogen-bond acceptors (Lipinski definition) is 4. The minimum Gasteiger partial charge on any atom is -0.354 e. The lowest BCUT2D eigenvalue weighted by Gasteiger charge is -2.27. The summed E-state index contributed by atoms with van der Waals surface area (Å²) in [5.41, 5.74) is 15.1. The van der Waals surface area contributed by atoms with Crippen LogP contribution in [0.2, 0.25) is 0 Å². The molecule has 0 atom stereocenters. The van der Waals surface area contributed by atoms with Crippen molar-refractivity contribution >= 4 is 34.2 Å². The number of hydrogen-bond donors (Lipinski definition) is 3. The normalized spacial score (nSPS) is 16.3. The first-order valence-electron chi connectivity index (χ1n) is 20.9. The van der Waals surface area contributed by atoms with E-state index in [2.05, 4.69) is 196 Å². The van der Waals surface area contributed by atoms with Gasteiger partial charge in [-0.2, -0.15) is 0 Å². The van der Waals surface area contributed by atoms with Crippen LogP contribution in [0.25, 0.3) is 11.1 Å². The van der Waals surface area contributed by atoms with E-state index in [1.54, 1.807) is 0 Å².